The molecule has 0 amide bonds. The minimum Gasteiger partial charge on any atom is -0.278 e. The van der Waals surface area contributed by atoms with Crippen molar-refractivity contribution in [3.8, 4) is 0 Å². The van der Waals surface area contributed by atoms with Crippen molar-refractivity contribution >= 4 is 27.2 Å². The molecule has 0 spiro atoms. The van der Waals surface area contributed by atoms with Gasteiger partial charge in [0, 0.05) is 32.2 Å². The molecule has 0 aliphatic carbocycles. The summed E-state index contributed by atoms with van der Waals surface area (Å²) in [5, 5.41) is 4.43. The van der Waals surface area contributed by atoms with Crippen molar-refractivity contribution in [2.45, 2.75) is 20.0 Å². The first-order valence-corrected chi connectivity index (χ1v) is 6.99. The maximum atomic E-state index is 12.3. The van der Waals surface area contributed by atoms with Gasteiger partial charge in [0.1, 0.15) is 0 Å². The quantitative estimate of drug-likeness (QED) is 0.719. The van der Waals surface area contributed by atoms with E-state index in [1.165, 1.54) is 4.57 Å². The Hall–Kier alpha value is -1.96. The Bertz CT molecular complexity index is 830. The van der Waals surface area contributed by atoms with Crippen molar-refractivity contribution in [2.75, 3.05) is 0 Å². The fraction of sp³-hybridized carbons (Fsp3) is 0.333. The summed E-state index contributed by atoms with van der Waals surface area (Å²) < 4.78 is 5.77. The van der Waals surface area contributed by atoms with Gasteiger partial charge in [-0.1, -0.05) is 0 Å². The topological polar surface area (TPSA) is 70.5 Å². The minimum atomic E-state index is -0.149. The second-order valence-corrected chi connectivity index (χ2v) is 5.27. The van der Waals surface area contributed by atoms with Crippen molar-refractivity contribution in [1.82, 2.24) is 28.9 Å². The van der Waals surface area contributed by atoms with E-state index in [1.807, 2.05) is 17.8 Å². The SMILES string of the molecule is CCn1cc(Br)c(Cn2c(=O)n(C)c3nccnc32)n1. The molecule has 3 aromatic heterocycles. The van der Waals surface area contributed by atoms with E-state index in [0.717, 1.165) is 16.7 Å². The van der Waals surface area contributed by atoms with Crippen LogP contribution in [-0.2, 0) is 20.1 Å². The van der Waals surface area contributed by atoms with Crippen LogP contribution in [0.2, 0.25) is 0 Å². The van der Waals surface area contributed by atoms with Gasteiger partial charge in [-0.2, -0.15) is 5.10 Å². The molecule has 0 saturated heterocycles. The molecule has 8 heteroatoms. The molecule has 0 fully saturated rings. The molecule has 20 heavy (non-hydrogen) atoms. The third kappa shape index (κ3) is 1.96. The molecule has 3 heterocycles. The van der Waals surface area contributed by atoms with Crippen LogP contribution in [0.1, 0.15) is 12.6 Å². The number of rotatable bonds is 3. The normalized spacial score (nSPS) is 11.3. The van der Waals surface area contributed by atoms with Gasteiger partial charge < -0.3 is 0 Å². The molecule has 0 atom stereocenters. The number of halogens is 1. The van der Waals surface area contributed by atoms with Gasteiger partial charge in [0.05, 0.1) is 16.7 Å². The highest BCUT2D eigenvalue weighted by Gasteiger charge is 2.15. The zero-order chi connectivity index (χ0) is 14.3. The lowest BCUT2D eigenvalue weighted by Gasteiger charge is -2.00. The Labute approximate surface area is 123 Å². The van der Waals surface area contributed by atoms with E-state index in [0.29, 0.717) is 17.8 Å². The van der Waals surface area contributed by atoms with Crippen molar-refractivity contribution < 1.29 is 0 Å². The van der Waals surface area contributed by atoms with E-state index in [-0.39, 0.29) is 5.69 Å². The number of fused-ring (bicyclic) bond motifs is 1. The van der Waals surface area contributed by atoms with Gasteiger partial charge >= 0.3 is 5.69 Å². The van der Waals surface area contributed by atoms with E-state index in [2.05, 4.69) is 31.0 Å². The van der Waals surface area contributed by atoms with Crippen LogP contribution in [0.5, 0.6) is 0 Å². The average molecular weight is 337 g/mol. The fourth-order valence-corrected chi connectivity index (χ4v) is 2.55. The predicted molar refractivity (Wildman–Crippen MR) is 77.5 cm³/mol. The van der Waals surface area contributed by atoms with Crippen LogP contribution in [0.4, 0.5) is 0 Å². The molecule has 0 bridgehead atoms. The molecule has 0 aromatic carbocycles. The molecule has 7 nitrogen and oxygen atoms in total. The molecule has 3 rings (SSSR count). The van der Waals surface area contributed by atoms with E-state index in [4.69, 9.17) is 0 Å². The van der Waals surface area contributed by atoms with Gasteiger partial charge in [-0.05, 0) is 22.9 Å². The molecule has 0 aliphatic heterocycles. The van der Waals surface area contributed by atoms with Gasteiger partial charge in [-0.15, -0.1) is 0 Å². The van der Waals surface area contributed by atoms with Crippen LogP contribution >= 0.6 is 15.9 Å². The summed E-state index contributed by atoms with van der Waals surface area (Å²) in [5.41, 5.74) is 1.79. The van der Waals surface area contributed by atoms with Gasteiger partial charge in [-0.3, -0.25) is 13.8 Å². The standard InChI is InChI=1S/C12H13BrN6O/c1-3-18-6-8(13)9(16-18)7-19-11-10(14-4-5-15-11)17(2)12(19)20/h4-6H,3,7H2,1-2H3. The number of aromatic nitrogens is 6. The first kappa shape index (κ1) is 13.0. The fourth-order valence-electron chi connectivity index (χ4n) is 2.11. The molecule has 0 radical (unpaired) electrons. The maximum Gasteiger partial charge on any atom is 0.331 e. The number of imidazole rings is 1. The highest BCUT2D eigenvalue weighted by molar-refractivity contribution is 9.10. The first-order valence-electron chi connectivity index (χ1n) is 6.20. The van der Waals surface area contributed by atoms with Crippen molar-refractivity contribution in [3.05, 3.63) is 39.2 Å². The molecule has 0 unspecified atom stereocenters. The van der Waals surface area contributed by atoms with Gasteiger partial charge in [0.2, 0.25) is 0 Å². The lowest BCUT2D eigenvalue weighted by atomic mass is 10.4. The molecule has 0 aliphatic rings. The van der Waals surface area contributed by atoms with Crippen molar-refractivity contribution in [1.29, 1.82) is 0 Å². The lowest BCUT2D eigenvalue weighted by molar-refractivity contribution is 0.631. The molecular weight excluding hydrogens is 324 g/mol. The number of nitrogens with zero attached hydrogens (tertiary/aromatic N) is 6. The second kappa shape index (κ2) is 4.86. The summed E-state index contributed by atoms with van der Waals surface area (Å²) in [6, 6.07) is 0. The second-order valence-electron chi connectivity index (χ2n) is 4.41. The highest BCUT2D eigenvalue weighted by atomic mass is 79.9. The van der Waals surface area contributed by atoms with E-state index in [9.17, 15) is 4.79 Å². The first-order chi connectivity index (χ1) is 9.61. The van der Waals surface area contributed by atoms with Crippen molar-refractivity contribution in [2.24, 2.45) is 7.05 Å². The largest absolute Gasteiger partial charge is 0.331 e. The summed E-state index contributed by atoms with van der Waals surface area (Å²) >= 11 is 3.47. The summed E-state index contributed by atoms with van der Waals surface area (Å²) in [7, 11) is 1.69. The Balaban J connectivity index is 2.13. The number of hydrogen-bond donors (Lipinski definition) is 0. The van der Waals surface area contributed by atoms with Crippen LogP contribution in [0.15, 0.2) is 27.9 Å². The average Bonchev–Trinajstić information content (AvgIpc) is 2.93. The van der Waals surface area contributed by atoms with Crippen LogP contribution in [0, 0.1) is 0 Å². The van der Waals surface area contributed by atoms with Crippen LogP contribution in [0.25, 0.3) is 11.3 Å². The summed E-state index contributed by atoms with van der Waals surface area (Å²) in [4.78, 5) is 20.7. The molecule has 3 aromatic rings. The smallest absolute Gasteiger partial charge is 0.278 e. The Kier molecular flexibility index (Phi) is 3.17. The van der Waals surface area contributed by atoms with Gasteiger partial charge in [-0.25, -0.2) is 14.8 Å². The van der Waals surface area contributed by atoms with E-state index >= 15 is 0 Å². The van der Waals surface area contributed by atoms with Crippen LogP contribution < -0.4 is 5.69 Å². The highest BCUT2D eigenvalue weighted by Crippen LogP contribution is 2.17. The lowest BCUT2D eigenvalue weighted by Crippen LogP contribution is -2.23. The maximum absolute atomic E-state index is 12.3. The van der Waals surface area contributed by atoms with Crippen molar-refractivity contribution in [3.63, 3.8) is 0 Å². The summed E-state index contributed by atoms with van der Waals surface area (Å²) in [6.07, 6.45) is 5.06. The molecule has 0 N–H and O–H groups in total. The minimum absolute atomic E-state index is 0.149. The zero-order valence-corrected chi connectivity index (χ0v) is 12.7. The monoisotopic (exact) mass is 336 g/mol. The number of hydrogen-bond acceptors (Lipinski definition) is 4. The van der Waals surface area contributed by atoms with Crippen LogP contribution in [-0.4, -0.2) is 28.9 Å². The van der Waals surface area contributed by atoms with E-state index < -0.39 is 0 Å². The zero-order valence-electron chi connectivity index (χ0n) is 11.1. The Morgan fingerprint density at radius 2 is 1.95 bits per heavy atom. The molecule has 0 saturated carbocycles. The molecular formula is C12H13BrN6O. The van der Waals surface area contributed by atoms with E-state index in [1.54, 1.807) is 24.0 Å². The summed E-state index contributed by atoms with van der Waals surface area (Å²) in [5.74, 6) is 0. The van der Waals surface area contributed by atoms with Gasteiger partial charge in [0.15, 0.2) is 11.3 Å². The van der Waals surface area contributed by atoms with Crippen LogP contribution in [0.3, 0.4) is 0 Å². The Morgan fingerprint density at radius 1 is 1.25 bits per heavy atom. The predicted octanol–water partition coefficient (Wildman–Crippen LogP) is 1.16. The van der Waals surface area contributed by atoms with Gasteiger partial charge in [0.25, 0.3) is 0 Å². The Morgan fingerprint density at radius 3 is 2.60 bits per heavy atom. The molecule has 104 valence electrons. The summed E-state index contributed by atoms with van der Waals surface area (Å²) in [6.45, 7) is 3.16. The third-order valence-corrected chi connectivity index (χ3v) is 3.83. The number of aryl methyl sites for hydroxylation is 2. The third-order valence-electron chi connectivity index (χ3n) is 3.17.